The van der Waals surface area contributed by atoms with Crippen molar-refractivity contribution < 1.29 is 4.74 Å². The molecule has 0 aromatic carbocycles. The van der Waals surface area contributed by atoms with Gasteiger partial charge in [0.25, 0.3) is 0 Å². The van der Waals surface area contributed by atoms with Crippen LogP contribution in [0.1, 0.15) is 4.88 Å². The van der Waals surface area contributed by atoms with Gasteiger partial charge in [0.2, 0.25) is 5.88 Å². The fraction of sp³-hybridized carbons (Fsp3) is 0.222. The fourth-order valence-corrected chi connectivity index (χ4v) is 2.00. The third-order valence-corrected chi connectivity index (χ3v) is 2.69. The Morgan fingerprint density at radius 1 is 1.42 bits per heavy atom. The van der Waals surface area contributed by atoms with Crippen LogP contribution in [0, 0.1) is 6.92 Å². The van der Waals surface area contributed by atoms with Crippen LogP contribution in [-0.4, -0.2) is 12.1 Å². The van der Waals surface area contributed by atoms with E-state index in [1.807, 2.05) is 12.1 Å². The average molecular weight is 179 g/mol. The number of nitrogens with zero attached hydrogens (tertiary/aromatic N) is 1. The van der Waals surface area contributed by atoms with Gasteiger partial charge in [-0.15, -0.1) is 11.3 Å². The van der Waals surface area contributed by atoms with Crippen LogP contribution in [0.4, 0.5) is 0 Å². The third kappa shape index (κ3) is 1.16. The number of hydrogen-bond donors (Lipinski definition) is 0. The number of hydrogen-bond acceptors (Lipinski definition) is 3. The van der Waals surface area contributed by atoms with E-state index in [2.05, 4.69) is 18.0 Å². The molecule has 0 N–H and O–H groups in total. The summed E-state index contributed by atoms with van der Waals surface area (Å²) in [5.74, 6) is 0.681. The van der Waals surface area contributed by atoms with Crippen LogP contribution in [0.25, 0.3) is 10.2 Å². The van der Waals surface area contributed by atoms with E-state index >= 15 is 0 Å². The summed E-state index contributed by atoms with van der Waals surface area (Å²) in [5, 5.41) is 0. The third-order valence-electron chi connectivity index (χ3n) is 1.68. The number of rotatable bonds is 1. The first kappa shape index (κ1) is 7.55. The molecule has 0 unspecified atom stereocenters. The second-order valence-corrected chi connectivity index (χ2v) is 3.88. The van der Waals surface area contributed by atoms with Crippen LogP contribution < -0.4 is 4.74 Å². The molecule has 3 heteroatoms. The van der Waals surface area contributed by atoms with Gasteiger partial charge in [0.1, 0.15) is 0 Å². The molecule has 0 saturated heterocycles. The van der Waals surface area contributed by atoms with Crippen LogP contribution in [0.2, 0.25) is 0 Å². The molecule has 0 aliphatic heterocycles. The van der Waals surface area contributed by atoms with Crippen LogP contribution >= 0.6 is 11.3 Å². The fourth-order valence-electron chi connectivity index (χ4n) is 1.14. The molecule has 0 aliphatic carbocycles. The summed E-state index contributed by atoms with van der Waals surface area (Å²) in [4.78, 5) is 5.59. The van der Waals surface area contributed by atoms with E-state index in [0.29, 0.717) is 5.88 Å². The van der Waals surface area contributed by atoms with Gasteiger partial charge in [-0.25, -0.2) is 4.98 Å². The Hall–Kier alpha value is -1.09. The molecule has 0 bridgehead atoms. The minimum Gasteiger partial charge on any atom is -0.481 e. The molecule has 0 fully saturated rings. The number of fused-ring (bicyclic) bond motifs is 1. The van der Waals surface area contributed by atoms with E-state index in [1.165, 1.54) is 9.58 Å². The van der Waals surface area contributed by atoms with Gasteiger partial charge in [-0.2, -0.15) is 0 Å². The standard InChI is InChI=1S/C9H9NOS/c1-6-5-7-8(12-6)3-4-9(10-7)11-2/h3-5H,1-2H3. The monoisotopic (exact) mass is 179 g/mol. The molecule has 2 heterocycles. The van der Waals surface area contributed by atoms with Crippen molar-refractivity contribution >= 4 is 21.6 Å². The van der Waals surface area contributed by atoms with Crippen molar-refractivity contribution in [2.45, 2.75) is 6.92 Å². The largest absolute Gasteiger partial charge is 0.481 e. The van der Waals surface area contributed by atoms with Crippen molar-refractivity contribution in [1.29, 1.82) is 0 Å². The normalized spacial score (nSPS) is 10.5. The van der Waals surface area contributed by atoms with E-state index in [1.54, 1.807) is 18.4 Å². The van der Waals surface area contributed by atoms with E-state index < -0.39 is 0 Å². The molecule has 2 rings (SSSR count). The number of pyridine rings is 1. The second-order valence-electron chi connectivity index (χ2n) is 2.59. The van der Waals surface area contributed by atoms with Crippen LogP contribution in [0.3, 0.4) is 0 Å². The highest BCUT2D eigenvalue weighted by Gasteiger charge is 2.00. The summed E-state index contributed by atoms with van der Waals surface area (Å²) in [5.41, 5.74) is 1.02. The van der Waals surface area contributed by atoms with Gasteiger partial charge in [0, 0.05) is 10.9 Å². The van der Waals surface area contributed by atoms with Gasteiger partial charge < -0.3 is 4.74 Å². The molecule has 0 spiro atoms. The molecule has 2 aromatic rings. The van der Waals surface area contributed by atoms with Crippen LogP contribution in [0.5, 0.6) is 5.88 Å². The van der Waals surface area contributed by atoms with E-state index in [4.69, 9.17) is 4.74 Å². The predicted octanol–water partition coefficient (Wildman–Crippen LogP) is 2.61. The average Bonchev–Trinajstić information content (AvgIpc) is 2.43. The zero-order valence-electron chi connectivity index (χ0n) is 7.00. The zero-order valence-corrected chi connectivity index (χ0v) is 7.81. The van der Waals surface area contributed by atoms with Gasteiger partial charge in [0.05, 0.1) is 17.3 Å². The molecule has 0 aliphatic rings. The zero-order chi connectivity index (χ0) is 8.55. The van der Waals surface area contributed by atoms with E-state index in [-0.39, 0.29) is 0 Å². The van der Waals surface area contributed by atoms with E-state index in [9.17, 15) is 0 Å². The van der Waals surface area contributed by atoms with E-state index in [0.717, 1.165) is 5.52 Å². The van der Waals surface area contributed by atoms with Gasteiger partial charge in [0.15, 0.2) is 0 Å². The van der Waals surface area contributed by atoms with Crippen molar-refractivity contribution in [1.82, 2.24) is 4.98 Å². The maximum absolute atomic E-state index is 5.03. The summed E-state index contributed by atoms with van der Waals surface area (Å²) < 4.78 is 6.24. The lowest BCUT2D eigenvalue weighted by atomic mass is 10.4. The molecule has 12 heavy (non-hydrogen) atoms. The quantitative estimate of drug-likeness (QED) is 0.671. The second kappa shape index (κ2) is 2.75. The highest BCUT2D eigenvalue weighted by molar-refractivity contribution is 7.18. The molecule has 0 radical (unpaired) electrons. The molecule has 62 valence electrons. The number of thiophene rings is 1. The maximum atomic E-state index is 5.03. The Balaban J connectivity index is 2.66. The Morgan fingerprint density at radius 3 is 3.00 bits per heavy atom. The SMILES string of the molecule is COc1ccc2sc(C)cc2n1. The van der Waals surface area contributed by atoms with Crippen molar-refractivity contribution in [3.63, 3.8) is 0 Å². The van der Waals surface area contributed by atoms with Crippen molar-refractivity contribution in [2.24, 2.45) is 0 Å². The summed E-state index contributed by atoms with van der Waals surface area (Å²) in [6, 6.07) is 6.00. The molecule has 0 amide bonds. The Morgan fingerprint density at radius 2 is 2.25 bits per heavy atom. The highest BCUT2D eigenvalue weighted by Crippen LogP contribution is 2.24. The molecular formula is C9H9NOS. The number of aryl methyl sites for hydroxylation is 1. The lowest BCUT2D eigenvalue weighted by molar-refractivity contribution is 0.399. The molecule has 0 atom stereocenters. The Kier molecular flexibility index (Phi) is 1.73. The number of aromatic nitrogens is 1. The topological polar surface area (TPSA) is 22.1 Å². The Labute approximate surface area is 74.8 Å². The summed E-state index contributed by atoms with van der Waals surface area (Å²) >= 11 is 1.75. The molecule has 2 aromatic heterocycles. The first-order valence-corrected chi connectivity index (χ1v) is 4.52. The Bertz CT molecular complexity index is 408. The minimum atomic E-state index is 0.681. The lowest BCUT2D eigenvalue weighted by Crippen LogP contribution is -1.84. The summed E-state index contributed by atoms with van der Waals surface area (Å²) in [7, 11) is 1.63. The summed E-state index contributed by atoms with van der Waals surface area (Å²) in [6.07, 6.45) is 0. The van der Waals surface area contributed by atoms with Crippen molar-refractivity contribution in [2.75, 3.05) is 7.11 Å². The highest BCUT2D eigenvalue weighted by atomic mass is 32.1. The van der Waals surface area contributed by atoms with Gasteiger partial charge in [-0.3, -0.25) is 0 Å². The smallest absolute Gasteiger partial charge is 0.213 e. The summed E-state index contributed by atoms with van der Waals surface area (Å²) in [6.45, 7) is 2.08. The molecule has 0 saturated carbocycles. The maximum Gasteiger partial charge on any atom is 0.213 e. The van der Waals surface area contributed by atoms with Gasteiger partial charge in [-0.1, -0.05) is 0 Å². The predicted molar refractivity (Wildman–Crippen MR) is 50.9 cm³/mol. The van der Waals surface area contributed by atoms with Crippen molar-refractivity contribution in [3.05, 3.63) is 23.1 Å². The van der Waals surface area contributed by atoms with Crippen molar-refractivity contribution in [3.8, 4) is 5.88 Å². The first-order chi connectivity index (χ1) is 5.79. The first-order valence-electron chi connectivity index (χ1n) is 3.71. The molecular weight excluding hydrogens is 170 g/mol. The number of methoxy groups -OCH3 is 1. The van der Waals surface area contributed by atoms with Gasteiger partial charge >= 0.3 is 0 Å². The molecule has 2 nitrogen and oxygen atoms in total. The van der Waals surface area contributed by atoms with Gasteiger partial charge in [-0.05, 0) is 19.1 Å². The minimum absolute atomic E-state index is 0.681. The lowest BCUT2D eigenvalue weighted by Gasteiger charge is -1.95. The van der Waals surface area contributed by atoms with Crippen LogP contribution in [0.15, 0.2) is 18.2 Å². The number of ether oxygens (including phenoxy) is 1. The van der Waals surface area contributed by atoms with Crippen LogP contribution in [-0.2, 0) is 0 Å².